The zero-order valence-corrected chi connectivity index (χ0v) is 12.0. The van der Waals surface area contributed by atoms with E-state index in [1.54, 1.807) is 12.3 Å². The van der Waals surface area contributed by atoms with Gasteiger partial charge in [-0.2, -0.15) is 0 Å². The fourth-order valence-corrected chi connectivity index (χ4v) is 3.83. The zero-order chi connectivity index (χ0) is 13.4. The van der Waals surface area contributed by atoms with Gasteiger partial charge in [0.15, 0.2) is 0 Å². The summed E-state index contributed by atoms with van der Waals surface area (Å²) in [5.74, 6) is 0.768. The number of pyridine rings is 1. The first-order chi connectivity index (χ1) is 9.16. The number of aromatic nitrogens is 1. The lowest BCUT2D eigenvalue weighted by Gasteiger charge is -2.38. The summed E-state index contributed by atoms with van der Waals surface area (Å²) in [5, 5.41) is 0.526. The second-order valence-corrected chi connectivity index (χ2v) is 6.11. The molecule has 3 nitrogen and oxygen atoms in total. The summed E-state index contributed by atoms with van der Waals surface area (Å²) >= 11 is 6.20. The number of halogens is 1. The van der Waals surface area contributed by atoms with Gasteiger partial charge in [-0.25, -0.2) is 0 Å². The standard InChI is InChI=1S/C15H19ClN2O/c1-10-8-13(16)12(9-17-10)15(19)18-7-3-5-11-4-2-6-14(11)18/h8-9,11,14H,2-7H2,1H3. The topological polar surface area (TPSA) is 33.2 Å². The van der Waals surface area contributed by atoms with E-state index in [4.69, 9.17) is 11.6 Å². The molecule has 4 heteroatoms. The van der Waals surface area contributed by atoms with Crippen LogP contribution in [0.5, 0.6) is 0 Å². The molecule has 1 amide bonds. The van der Waals surface area contributed by atoms with Crippen LogP contribution in [0.4, 0.5) is 0 Å². The Labute approximate surface area is 119 Å². The summed E-state index contributed by atoms with van der Waals surface area (Å²) in [6.07, 6.45) is 7.68. The van der Waals surface area contributed by atoms with Gasteiger partial charge in [0.1, 0.15) is 0 Å². The van der Waals surface area contributed by atoms with Gasteiger partial charge in [-0.05, 0) is 44.6 Å². The van der Waals surface area contributed by atoms with E-state index in [1.807, 2.05) is 11.8 Å². The number of aryl methyl sites for hydroxylation is 1. The molecule has 2 heterocycles. The summed E-state index contributed by atoms with van der Waals surface area (Å²) in [6, 6.07) is 2.20. The average molecular weight is 279 g/mol. The largest absolute Gasteiger partial charge is 0.335 e. The van der Waals surface area contributed by atoms with Crippen molar-refractivity contribution in [3.05, 3.63) is 28.5 Å². The third-order valence-corrected chi connectivity index (χ3v) is 4.79. The molecule has 0 radical (unpaired) electrons. The molecule has 102 valence electrons. The molecule has 2 unspecified atom stereocenters. The highest BCUT2D eigenvalue weighted by atomic mass is 35.5. The van der Waals surface area contributed by atoms with Crippen LogP contribution in [0.1, 0.15) is 48.2 Å². The minimum Gasteiger partial charge on any atom is -0.335 e. The molecular formula is C15H19ClN2O. The predicted octanol–water partition coefficient (Wildman–Crippen LogP) is 3.45. The third kappa shape index (κ3) is 2.36. The smallest absolute Gasteiger partial charge is 0.257 e. The van der Waals surface area contributed by atoms with Crippen LogP contribution in [0, 0.1) is 12.8 Å². The van der Waals surface area contributed by atoms with E-state index in [-0.39, 0.29) is 5.91 Å². The lowest BCUT2D eigenvalue weighted by Crippen LogP contribution is -2.46. The van der Waals surface area contributed by atoms with Crippen LogP contribution in [-0.2, 0) is 0 Å². The summed E-state index contributed by atoms with van der Waals surface area (Å²) in [4.78, 5) is 18.9. The number of hydrogen-bond donors (Lipinski definition) is 0. The highest BCUT2D eigenvalue weighted by Gasteiger charge is 2.37. The molecule has 1 aliphatic heterocycles. The molecule has 0 aromatic carbocycles. The quantitative estimate of drug-likeness (QED) is 0.788. The normalized spacial score (nSPS) is 26.3. The first kappa shape index (κ1) is 12.9. The summed E-state index contributed by atoms with van der Waals surface area (Å²) < 4.78 is 0. The van der Waals surface area contributed by atoms with Crippen LogP contribution in [0.25, 0.3) is 0 Å². The minimum atomic E-state index is 0.0640. The van der Waals surface area contributed by atoms with Crippen molar-refractivity contribution in [1.29, 1.82) is 0 Å². The van der Waals surface area contributed by atoms with Crippen LogP contribution >= 0.6 is 11.6 Å². The van der Waals surface area contributed by atoms with Gasteiger partial charge >= 0.3 is 0 Å². The number of carbonyl (C=O) groups is 1. The Balaban J connectivity index is 1.86. The number of hydrogen-bond acceptors (Lipinski definition) is 2. The second-order valence-electron chi connectivity index (χ2n) is 5.70. The second kappa shape index (κ2) is 5.12. The number of fused-ring (bicyclic) bond motifs is 1. The van der Waals surface area contributed by atoms with Crippen LogP contribution < -0.4 is 0 Å². The van der Waals surface area contributed by atoms with Gasteiger partial charge in [0.05, 0.1) is 10.6 Å². The van der Waals surface area contributed by atoms with Crippen molar-refractivity contribution in [1.82, 2.24) is 9.88 Å². The third-order valence-electron chi connectivity index (χ3n) is 4.47. The molecule has 0 bridgehead atoms. The Morgan fingerprint density at radius 2 is 2.16 bits per heavy atom. The fraction of sp³-hybridized carbons (Fsp3) is 0.600. The highest BCUT2D eigenvalue weighted by Crippen LogP contribution is 2.37. The Hall–Kier alpha value is -1.09. The summed E-state index contributed by atoms with van der Waals surface area (Å²) in [7, 11) is 0. The highest BCUT2D eigenvalue weighted by molar-refractivity contribution is 6.33. The SMILES string of the molecule is Cc1cc(Cl)c(C(=O)N2CCCC3CCCC32)cn1. The fourth-order valence-electron chi connectivity index (χ4n) is 3.54. The van der Waals surface area contributed by atoms with E-state index in [2.05, 4.69) is 4.98 Å². The van der Waals surface area contributed by atoms with Crippen molar-refractivity contribution in [2.75, 3.05) is 6.54 Å². The van der Waals surface area contributed by atoms with Gasteiger partial charge in [-0.15, -0.1) is 0 Å². The van der Waals surface area contributed by atoms with Crippen molar-refractivity contribution >= 4 is 17.5 Å². The summed E-state index contributed by atoms with van der Waals surface area (Å²) in [6.45, 7) is 2.75. The van der Waals surface area contributed by atoms with Gasteiger partial charge < -0.3 is 4.90 Å². The monoisotopic (exact) mass is 278 g/mol. The van der Waals surface area contributed by atoms with Gasteiger partial charge in [-0.3, -0.25) is 9.78 Å². The van der Waals surface area contributed by atoms with Crippen molar-refractivity contribution in [3.63, 3.8) is 0 Å². The number of rotatable bonds is 1. The van der Waals surface area contributed by atoms with Gasteiger partial charge in [0, 0.05) is 24.5 Å². The van der Waals surface area contributed by atoms with E-state index in [9.17, 15) is 4.79 Å². The van der Waals surface area contributed by atoms with Crippen molar-refractivity contribution in [2.24, 2.45) is 5.92 Å². The lowest BCUT2D eigenvalue weighted by atomic mass is 9.91. The van der Waals surface area contributed by atoms with E-state index in [0.717, 1.165) is 25.1 Å². The van der Waals surface area contributed by atoms with Gasteiger partial charge in [0.25, 0.3) is 5.91 Å². The summed E-state index contributed by atoms with van der Waals surface area (Å²) in [5.41, 5.74) is 1.40. The number of likely N-dealkylation sites (tertiary alicyclic amines) is 1. The van der Waals surface area contributed by atoms with E-state index < -0.39 is 0 Å². The maximum absolute atomic E-state index is 12.7. The minimum absolute atomic E-state index is 0.0640. The Morgan fingerprint density at radius 1 is 1.37 bits per heavy atom. The number of amides is 1. The Bertz CT molecular complexity index is 503. The van der Waals surface area contributed by atoms with Gasteiger partial charge in [0.2, 0.25) is 0 Å². The van der Waals surface area contributed by atoms with Gasteiger partial charge in [-0.1, -0.05) is 18.0 Å². The Morgan fingerprint density at radius 3 is 2.95 bits per heavy atom. The first-order valence-electron chi connectivity index (χ1n) is 7.10. The van der Waals surface area contributed by atoms with Crippen LogP contribution in [-0.4, -0.2) is 28.4 Å². The first-order valence-corrected chi connectivity index (χ1v) is 7.48. The molecule has 2 atom stereocenters. The number of nitrogens with zero attached hydrogens (tertiary/aromatic N) is 2. The zero-order valence-electron chi connectivity index (χ0n) is 11.2. The van der Waals surface area contributed by atoms with Crippen molar-refractivity contribution < 1.29 is 4.79 Å². The molecule has 1 aliphatic carbocycles. The predicted molar refractivity (Wildman–Crippen MR) is 75.4 cm³/mol. The lowest BCUT2D eigenvalue weighted by molar-refractivity contribution is 0.0548. The van der Waals surface area contributed by atoms with Crippen molar-refractivity contribution in [2.45, 2.75) is 45.1 Å². The average Bonchev–Trinajstić information content (AvgIpc) is 2.86. The van der Waals surface area contributed by atoms with Crippen LogP contribution in [0.2, 0.25) is 5.02 Å². The molecule has 2 fully saturated rings. The van der Waals surface area contributed by atoms with E-state index in [0.29, 0.717) is 22.5 Å². The van der Waals surface area contributed by atoms with E-state index >= 15 is 0 Å². The molecule has 19 heavy (non-hydrogen) atoms. The molecule has 1 saturated heterocycles. The molecule has 3 rings (SSSR count). The molecule has 2 aliphatic rings. The van der Waals surface area contributed by atoms with Crippen LogP contribution in [0.3, 0.4) is 0 Å². The molecule has 0 N–H and O–H groups in total. The number of carbonyl (C=O) groups excluding carboxylic acids is 1. The Kier molecular flexibility index (Phi) is 3.48. The van der Waals surface area contributed by atoms with Crippen molar-refractivity contribution in [3.8, 4) is 0 Å². The molecule has 1 saturated carbocycles. The molecule has 1 aromatic rings. The number of piperidine rings is 1. The maximum Gasteiger partial charge on any atom is 0.257 e. The van der Waals surface area contributed by atoms with Crippen LogP contribution in [0.15, 0.2) is 12.3 Å². The molecular weight excluding hydrogens is 260 g/mol. The molecule has 1 aromatic heterocycles. The maximum atomic E-state index is 12.7. The molecule has 0 spiro atoms. The van der Waals surface area contributed by atoms with E-state index in [1.165, 1.54) is 19.3 Å².